The van der Waals surface area contributed by atoms with Crippen molar-refractivity contribution in [2.45, 2.75) is 33.2 Å². The third kappa shape index (κ3) is 9.64. The van der Waals surface area contributed by atoms with Crippen molar-refractivity contribution in [2.75, 3.05) is 26.0 Å². The minimum absolute atomic E-state index is 0.182. The highest BCUT2D eigenvalue weighted by Crippen LogP contribution is 2.28. The number of hydrogen-bond donors (Lipinski definition) is 2. The summed E-state index contributed by atoms with van der Waals surface area (Å²) in [5, 5.41) is 3.46. The highest BCUT2D eigenvalue weighted by Gasteiger charge is 2.24. The van der Waals surface area contributed by atoms with Gasteiger partial charge < -0.3 is 14.8 Å². The van der Waals surface area contributed by atoms with Gasteiger partial charge in [-0.2, -0.15) is 0 Å². The molecule has 1 unspecified atom stereocenters. The normalized spacial score (nSPS) is 11.9. The molecular formula is C25H31ClN2O5S. The molecule has 7 nitrogen and oxygen atoms in total. The third-order valence-electron chi connectivity index (χ3n) is 4.69. The van der Waals surface area contributed by atoms with Crippen molar-refractivity contribution < 1.29 is 22.7 Å². The predicted molar refractivity (Wildman–Crippen MR) is 135 cm³/mol. The second-order valence-electron chi connectivity index (χ2n) is 7.96. The van der Waals surface area contributed by atoms with Gasteiger partial charge in [0.1, 0.15) is 12.6 Å². The van der Waals surface area contributed by atoms with Crippen LogP contribution in [0.1, 0.15) is 31.9 Å². The van der Waals surface area contributed by atoms with Crippen LogP contribution in [0.4, 0.5) is 0 Å². The number of amides is 1. The van der Waals surface area contributed by atoms with Crippen molar-refractivity contribution in [1.82, 2.24) is 10.0 Å². The maximum Gasteiger partial charge on any atom is 0.238 e. The summed E-state index contributed by atoms with van der Waals surface area (Å²) in [7, 11) is -3.49. The first-order valence-electron chi connectivity index (χ1n) is 11.0. The van der Waals surface area contributed by atoms with E-state index in [0.717, 1.165) is 17.4 Å². The molecule has 0 bridgehead atoms. The van der Waals surface area contributed by atoms with Crippen LogP contribution in [0, 0.1) is 17.8 Å². The van der Waals surface area contributed by atoms with Crippen molar-refractivity contribution >= 4 is 27.5 Å². The average molecular weight is 507 g/mol. The van der Waals surface area contributed by atoms with E-state index in [1.807, 2.05) is 37.3 Å². The molecule has 0 aromatic heterocycles. The van der Waals surface area contributed by atoms with Gasteiger partial charge in [-0.1, -0.05) is 43.4 Å². The Kier molecular flexibility index (Phi) is 10.7. The summed E-state index contributed by atoms with van der Waals surface area (Å²) < 4.78 is 36.9. The molecule has 0 heterocycles. The van der Waals surface area contributed by atoms with E-state index in [0.29, 0.717) is 36.1 Å². The molecule has 34 heavy (non-hydrogen) atoms. The molecule has 9 heteroatoms. The Morgan fingerprint density at radius 3 is 2.41 bits per heavy atom. The average Bonchev–Trinajstić information content (AvgIpc) is 2.77. The van der Waals surface area contributed by atoms with E-state index >= 15 is 0 Å². The number of carbonyl (C=O) groups is 1. The molecule has 0 aliphatic rings. The summed E-state index contributed by atoms with van der Waals surface area (Å²) in [5.41, 5.74) is 1.79. The number of nitrogens with one attached hydrogen (secondary N) is 2. The van der Waals surface area contributed by atoms with Gasteiger partial charge in [0.15, 0.2) is 11.5 Å². The number of halogens is 1. The lowest BCUT2D eigenvalue weighted by atomic mass is 10.0. The molecule has 0 saturated carbocycles. The van der Waals surface area contributed by atoms with Crippen molar-refractivity contribution in [2.24, 2.45) is 5.92 Å². The first kappa shape index (κ1) is 27.5. The Morgan fingerprint density at radius 2 is 1.79 bits per heavy atom. The Morgan fingerprint density at radius 1 is 1.09 bits per heavy atom. The number of ether oxygens (including phenoxy) is 2. The zero-order valence-electron chi connectivity index (χ0n) is 19.9. The van der Waals surface area contributed by atoms with E-state index in [1.54, 1.807) is 26.0 Å². The van der Waals surface area contributed by atoms with E-state index in [9.17, 15) is 13.2 Å². The van der Waals surface area contributed by atoms with Gasteiger partial charge in [0.05, 0.1) is 12.9 Å². The fourth-order valence-corrected chi connectivity index (χ4v) is 4.01. The Hall–Kier alpha value is -2.73. The highest BCUT2D eigenvalue weighted by molar-refractivity contribution is 7.88. The molecule has 0 spiro atoms. The van der Waals surface area contributed by atoms with Crippen molar-refractivity contribution in [1.29, 1.82) is 0 Å². The molecule has 0 aliphatic carbocycles. The Labute approximate surface area is 207 Å². The van der Waals surface area contributed by atoms with Crippen LogP contribution in [0.2, 0.25) is 5.02 Å². The van der Waals surface area contributed by atoms with E-state index in [1.165, 1.54) is 0 Å². The van der Waals surface area contributed by atoms with Crippen LogP contribution in [0.5, 0.6) is 11.5 Å². The van der Waals surface area contributed by atoms with Gasteiger partial charge in [-0.25, -0.2) is 13.1 Å². The monoisotopic (exact) mass is 506 g/mol. The van der Waals surface area contributed by atoms with Crippen LogP contribution in [-0.2, 0) is 21.2 Å². The summed E-state index contributed by atoms with van der Waals surface area (Å²) in [4.78, 5) is 12.4. The van der Waals surface area contributed by atoms with Gasteiger partial charge in [0.2, 0.25) is 15.9 Å². The molecule has 1 amide bonds. The first-order chi connectivity index (χ1) is 16.1. The molecule has 0 radical (unpaired) electrons. The van der Waals surface area contributed by atoms with Crippen LogP contribution in [0.15, 0.2) is 42.5 Å². The Balaban J connectivity index is 1.95. The zero-order chi connectivity index (χ0) is 25.1. The summed E-state index contributed by atoms with van der Waals surface area (Å²) >= 11 is 5.88. The quantitative estimate of drug-likeness (QED) is 0.455. The molecular weight excluding hydrogens is 476 g/mol. The minimum Gasteiger partial charge on any atom is -0.490 e. The summed E-state index contributed by atoms with van der Waals surface area (Å²) in [6.45, 7) is 6.48. The highest BCUT2D eigenvalue weighted by atomic mass is 35.5. The fourth-order valence-electron chi connectivity index (χ4n) is 3.04. The van der Waals surface area contributed by atoms with Gasteiger partial charge in [-0.3, -0.25) is 4.79 Å². The molecule has 0 aliphatic heterocycles. The smallest absolute Gasteiger partial charge is 0.238 e. The zero-order valence-corrected chi connectivity index (χ0v) is 21.4. The van der Waals surface area contributed by atoms with E-state index < -0.39 is 16.1 Å². The molecule has 1 atom stereocenters. The van der Waals surface area contributed by atoms with Gasteiger partial charge in [-0.05, 0) is 61.2 Å². The van der Waals surface area contributed by atoms with Gasteiger partial charge in [0.25, 0.3) is 0 Å². The third-order valence-corrected chi connectivity index (χ3v) is 5.62. The predicted octanol–water partition coefficient (Wildman–Crippen LogP) is 3.40. The maximum atomic E-state index is 12.4. The maximum absolute atomic E-state index is 12.4. The minimum atomic E-state index is -3.49. The number of hydrogen-bond acceptors (Lipinski definition) is 5. The van der Waals surface area contributed by atoms with Gasteiger partial charge in [0, 0.05) is 17.1 Å². The fraction of sp³-hybridized carbons (Fsp3) is 0.400. The lowest BCUT2D eigenvalue weighted by Gasteiger charge is -2.20. The molecule has 0 fully saturated rings. The molecule has 184 valence electrons. The van der Waals surface area contributed by atoms with E-state index in [4.69, 9.17) is 21.1 Å². The molecule has 2 aromatic rings. The molecule has 2 N–H and O–H groups in total. The van der Waals surface area contributed by atoms with Crippen LogP contribution in [-0.4, -0.2) is 46.4 Å². The number of sulfonamides is 1. The van der Waals surface area contributed by atoms with Gasteiger partial charge >= 0.3 is 0 Å². The van der Waals surface area contributed by atoms with Crippen molar-refractivity contribution in [3.8, 4) is 23.3 Å². The molecule has 2 aromatic carbocycles. The standard InChI is InChI=1S/C25H31ClN2O5S/c1-5-32-23-17-20(14-15-27-25(29)24(18(2)3)28-34(4,30)31)10-13-22(23)33-16-6-7-19-8-11-21(26)12-9-19/h8-13,17-18,24,28H,5,14-16H2,1-4H3,(H,27,29). The van der Waals surface area contributed by atoms with Crippen molar-refractivity contribution in [3.63, 3.8) is 0 Å². The van der Waals surface area contributed by atoms with Crippen LogP contribution < -0.4 is 19.5 Å². The lowest BCUT2D eigenvalue weighted by Crippen LogP contribution is -2.49. The lowest BCUT2D eigenvalue weighted by molar-refractivity contribution is -0.123. The number of carbonyl (C=O) groups excluding carboxylic acids is 1. The number of benzene rings is 2. The molecule has 0 saturated heterocycles. The number of rotatable bonds is 11. The Bertz CT molecular complexity index is 1120. The summed E-state index contributed by atoms with van der Waals surface area (Å²) in [6, 6.07) is 12.0. The topological polar surface area (TPSA) is 93.7 Å². The van der Waals surface area contributed by atoms with E-state index in [2.05, 4.69) is 21.9 Å². The largest absolute Gasteiger partial charge is 0.490 e. The second-order valence-corrected chi connectivity index (χ2v) is 10.2. The summed E-state index contributed by atoms with van der Waals surface area (Å²) in [6.07, 6.45) is 1.59. The first-order valence-corrected chi connectivity index (χ1v) is 13.2. The summed E-state index contributed by atoms with van der Waals surface area (Å²) in [5.74, 6) is 6.62. The van der Waals surface area contributed by atoms with Crippen LogP contribution >= 0.6 is 11.6 Å². The van der Waals surface area contributed by atoms with E-state index in [-0.39, 0.29) is 18.4 Å². The SMILES string of the molecule is CCOc1cc(CCNC(=O)C(NS(C)(=O)=O)C(C)C)ccc1OCC#Cc1ccc(Cl)cc1. The molecule has 2 rings (SSSR count). The van der Waals surface area contributed by atoms with Gasteiger partial charge in [-0.15, -0.1) is 0 Å². The van der Waals surface area contributed by atoms with Crippen molar-refractivity contribution in [3.05, 3.63) is 58.6 Å². The van der Waals surface area contributed by atoms with Crippen LogP contribution in [0.25, 0.3) is 0 Å². The second kappa shape index (κ2) is 13.2. The van der Waals surface area contributed by atoms with Crippen LogP contribution in [0.3, 0.4) is 0 Å².